The first-order valence-corrected chi connectivity index (χ1v) is 31.9. The zero-order valence-electron chi connectivity index (χ0n) is 50.4. The van der Waals surface area contributed by atoms with Crippen LogP contribution in [0.1, 0.15) is 71.6 Å². The Hall–Kier alpha value is -6.60. The predicted octanol–water partition coefficient (Wildman–Crippen LogP) is 7.10. The van der Waals surface area contributed by atoms with Crippen molar-refractivity contribution in [3.8, 4) is 0 Å². The summed E-state index contributed by atoms with van der Waals surface area (Å²) in [7, 11) is 0. The third kappa shape index (κ3) is 14.1. The summed E-state index contributed by atoms with van der Waals surface area (Å²) < 4.78 is 120. The first kappa shape index (κ1) is 63.8. The molecule has 6 aromatic carbocycles. The molecular formula is C69H70O23S. The highest BCUT2D eigenvalue weighted by Crippen LogP contribution is 2.47. The van der Waals surface area contributed by atoms with Gasteiger partial charge in [0, 0.05) is 41.0 Å². The van der Waals surface area contributed by atoms with Crippen LogP contribution in [0.3, 0.4) is 0 Å². The molecule has 0 amide bonds. The lowest BCUT2D eigenvalue weighted by Gasteiger charge is -2.54. The van der Waals surface area contributed by atoms with E-state index in [1.807, 2.05) is 152 Å². The van der Waals surface area contributed by atoms with E-state index in [-0.39, 0.29) is 32.0 Å². The zero-order chi connectivity index (χ0) is 63.5. The molecule has 8 aliphatic rings. The van der Waals surface area contributed by atoms with Gasteiger partial charge < -0.3 is 95.5 Å². The van der Waals surface area contributed by atoms with Crippen molar-refractivity contribution in [2.45, 2.75) is 166 Å². The molecule has 8 aliphatic heterocycles. The van der Waals surface area contributed by atoms with Gasteiger partial charge in [-0.1, -0.05) is 169 Å². The first-order valence-electron chi connectivity index (χ1n) is 31.0. The molecule has 4 unspecified atom stereocenters. The van der Waals surface area contributed by atoms with Gasteiger partial charge in [0.25, 0.3) is 0 Å². The van der Waals surface area contributed by atoms with Crippen LogP contribution in [0.5, 0.6) is 0 Å². The van der Waals surface area contributed by atoms with Gasteiger partial charge in [0.05, 0.1) is 32.0 Å². The van der Waals surface area contributed by atoms with Crippen molar-refractivity contribution < 1.29 is 110 Å². The Morgan fingerprint density at radius 2 is 0.699 bits per heavy atom. The molecule has 0 saturated carbocycles. The third-order valence-corrected chi connectivity index (χ3v) is 18.4. The smallest absolute Gasteiger partial charge is 0.338 e. The van der Waals surface area contributed by atoms with E-state index in [2.05, 4.69) is 0 Å². The number of carbonyl (C=O) groups excluding carboxylic acids is 3. The summed E-state index contributed by atoms with van der Waals surface area (Å²) >= 11 is 1.29. The molecule has 93 heavy (non-hydrogen) atoms. The number of hydrogen-bond donors (Lipinski definition) is 2. The Morgan fingerprint density at radius 1 is 0.366 bits per heavy atom. The molecule has 14 rings (SSSR count). The Labute approximate surface area is 539 Å². The van der Waals surface area contributed by atoms with E-state index < -0.39 is 165 Å². The molecule has 6 aromatic rings. The lowest BCUT2D eigenvalue weighted by Crippen LogP contribution is -2.70. The minimum absolute atomic E-state index is 0.00799. The summed E-state index contributed by atoms with van der Waals surface area (Å²) in [5.74, 6) is -2.31. The van der Waals surface area contributed by atoms with Gasteiger partial charge in [0.2, 0.25) is 0 Å². The molecule has 0 aliphatic carbocycles. The number of fused-ring (bicyclic) bond motifs is 4. The molecule has 2 N–H and O–H groups in total. The number of benzene rings is 6. The van der Waals surface area contributed by atoms with Crippen LogP contribution in [-0.2, 0) is 94.9 Å². The largest absolute Gasteiger partial charge is 0.454 e. The third-order valence-electron chi connectivity index (χ3n) is 17.2. The molecule has 0 bridgehead atoms. The summed E-state index contributed by atoms with van der Waals surface area (Å²) in [6, 6.07) is 54.6. The number of carbonyl (C=O) groups is 3. The first-order chi connectivity index (χ1) is 45.5. The second-order valence-electron chi connectivity index (χ2n) is 23.5. The fourth-order valence-corrected chi connectivity index (χ4v) is 14.0. The molecule has 23 nitrogen and oxygen atoms in total. The van der Waals surface area contributed by atoms with E-state index in [0.29, 0.717) is 22.3 Å². The molecule has 24 heteroatoms. The Balaban J connectivity index is 0.836. The van der Waals surface area contributed by atoms with Gasteiger partial charge in [0.1, 0.15) is 84.8 Å². The van der Waals surface area contributed by atoms with E-state index in [4.69, 9.17) is 85.3 Å². The number of rotatable bonds is 16. The molecule has 490 valence electrons. The summed E-state index contributed by atoms with van der Waals surface area (Å²) in [4.78, 5) is 43.0. The quantitative estimate of drug-likeness (QED) is 0.0723. The van der Waals surface area contributed by atoms with Crippen molar-refractivity contribution in [3.63, 3.8) is 0 Å². The van der Waals surface area contributed by atoms with Crippen LogP contribution in [0, 0.1) is 0 Å². The maximum atomic E-state index is 14.5. The minimum atomic E-state index is -1.76. The summed E-state index contributed by atoms with van der Waals surface area (Å²) in [5.41, 5.74) is 1.91. The fraction of sp³-hybridized carbons (Fsp3) is 0.435. The number of esters is 3. The lowest BCUT2D eigenvalue weighted by atomic mass is 9.94. The van der Waals surface area contributed by atoms with Crippen molar-refractivity contribution in [2.75, 3.05) is 26.4 Å². The molecule has 8 fully saturated rings. The molecule has 0 radical (unpaired) electrons. The standard InChI is InChI=1S/C69H70O23S/c1-37(70)79-58-55(90-66-50(73)49(72)51-45(81-66)33-75-62(86-51)40-23-11-4-12-24-40)52-46(34-76-63(87-52)41-25-13-5-14-26-41)82-67(58)91-56-53-47(35-77-64(88-53)42-27-15-6-16-28-42)83-68(59(56)80-38(2)71)92-57-54-48(36-78-65(89-54)43-29-17-7-18-30-43)84-69(93-44-31-19-8-20-32-44)60(57)85-61(74)39-21-9-3-10-22-39/h3-32,45-60,62-69,72-73H,33-36H2,1-2H3/t45-,46-,47-,48-,49-,50-,51-,52-,53-,54-,55+,56+,57+,58-,59-,60-,62?,63?,64?,65?,66+,67+,68+,69+/m1/s1. The molecule has 0 aromatic heterocycles. The highest BCUT2D eigenvalue weighted by atomic mass is 32.2. The number of thioether (sulfide) groups is 1. The van der Waals surface area contributed by atoms with Crippen LogP contribution >= 0.6 is 11.8 Å². The molecule has 24 atom stereocenters. The van der Waals surface area contributed by atoms with E-state index in [9.17, 15) is 24.6 Å². The average Bonchev–Trinajstić information content (AvgIpc) is 2.32. The Morgan fingerprint density at radius 3 is 1.11 bits per heavy atom. The van der Waals surface area contributed by atoms with Crippen molar-refractivity contribution >= 4 is 29.7 Å². The average molecular weight is 1300 g/mol. The van der Waals surface area contributed by atoms with E-state index in [1.54, 1.807) is 30.3 Å². The number of ether oxygens (including phenoxy) is 18. The van der Waals surface area contributed by atoms with Gasteiger partial charge in [-0.05, 0) is 24.3 Å². The van der Waals surface area contributed by atoms with Gasteiger partial charge in [0.15, 0.2) is 62.3 Å². The molecular weight excluding hydrogens is 1230 g/mol. The van der Waals surface area contributed by atoms with Crippen molar-refractivity contribution in [3.05, 3.63) is 210 Å². The van der Waals surface area contributed by atoms with Crippen molar-refractivity contribution in [1.29, 1.82) is 0 Å². The Bertz CT molecular complexity index is 3420. The number of aliphatic hydroxyl groups is 2. The fourth-order valence-electron chi connectivity index (χ4n) is 12.8. The van der Waals surface area contributed by atoms with Gasteiger partial charge in [-0.25, -0.2) is 4.79 Å². The SMILES string of the molecule is CC(=O)O[C@H]1[C@H](O[C@@H]2[C@@H](OC(C)=O)[C@H](O[C@@H]3[C@@H](OC(=O)c4ccccc4)[C@H](Sc4ccccc4)O[C@@H]4COC(c5ccccc5)O[C@@H]34)O[C@@H]3COC(c4ccccc4)O[C@@H]23)O[C@@H]2COC(c3ccccc3)O[C@H]2[C@@H]1O[C@@H]1O[C@@H]2COC(c3ccccc3)O[C@H]2[C@H](O)[C@H]1O. The normalized spacial score (nSPS) is 37.3. The van der Waals surface area contributed by atoms with Gasteiger partial charge in [-0.2, -0.15) is 0 Å². The predicted molar refractivity (Wildman–Crippen MR) is 320 cm³/mol. The van der Waals surface area contributed by atoms with Crippen molar-refractivity contribution in [1.82, 2.24) is 0 Å². The topological polar surface area (TPSA) is 258 Å². The number of aliphatic hydroxyl groups excluding tert-OH is 2. The number of hydrogen-bond acceptors (Lipinski definition) is 24. The minimum Gasteiger partial charge on any atom is -0.454 e. The maximum Gasteiger partial charge on any atom is 0.338 e. The second-order valence-corrected chi connectivity index (χ2v) is 24.6. The monoisotopic (exact) mass is 1300 g/mol. The van der Waals surface area contributed by atoms with Crippen LogP contribution in [0.25, 0.3) is 0 Å². The van der Waals surface area contributed by atoms with Crippen molar-refractivity contribution in [2.24, 2.45) is 0 Å². The van der Waals surface area contributed by atoms with Crippen LogP contribution in [0.15, 0.2) is 187 Å². The summed E-state index contributed by atoms with van der Waals surface area (Å²) in [6.07, 6.45) is -29.4. The van der Waals surface area contributed by atoms with Gasteiger partial charge in [-0.15, -0.1) is 0 Å². The van der Waals surface area contributed by atoms with E-state index in [0.717, 1.165) is 4.90 Å². The zero-order valence-corrected chi connectivity index (χ0v) is 51.2. The molecule has 8 saturated heterocycles. The maximum absolute atomic E-state index is 14.5. The highest BCUT2D eigenvalue weighted by Gasteiger charge is 2.62. The highest BCUT2D eigenvalue weighted by molar-refractivity contribution is 7.99. The van der Waals surface area contributed by atoms with Crippen LogP contribution in [0.2, 0.25) is 0 Å². The van der Waals surface area contributed by atoms with Gasteiger partial charge >= 0.3 is 17.9 Å². The molecule has 0 spiro atoms. The summed E-state index contributed by atoms with van der Waals surface area (Å²) in [6.45, 7) is 2.04. The second kappa shape index (κ2) is 28.8. The molecule has 8 heterocycles. The Kier molecular flexibility index (Phi) is 19.7. The van der Waals surface area contributed by atoms with Crippen LogP contribution in [0.4, 0.5) is 0 Å². The lowest BCUT2D eigenvalue weighted by molar-refractivity contribution is -0.425. The summed E-state index contributed by atoms with van der Waals surface area (Å²) in [5, 5.41) is 24.0. The van der Waals surface area contributed by atoms with Gasteiger partial charge in [-0.3, -0.25) is 9.59 Å². The van der Waals surface area contributed by atoms with E-state index in [1.165, 1.54) is 25.6 Å². The van der Waals surface area contributed by atoms with Crippen LogP contribution in [-0.4, -0.2) is 177 Å². The van der Waals surface area contributed by atoms with Crippen LogP contribution < -0.4 is 0 Å². The van der Waals surface area contributed by atoms with E-state index >= 15 is 0 Å².